The molecule has 11 rings (SSSR count). The van der Waals surface area contributed by atoms with E-state index in [0.717, 1.165) is 0 Å². The number of hydrogen-bond donors (Lipinski definition) is 0. The number of para-hydroxylation sites is 2. The molecule has 0 aliphatic heterocycles. The topological polar surface area (TPSA) is 8.82 Å². The Balaban J connectivity index is 1.22. The minimum Gasteiger partial charge on any atom is -0.305 e. The van der Waals surface area contributed by atoms with Crippen LogP contribution in [0.1, 0.15) is 87.2 Å². The number of hydrogen-bond acceptors (Lipinski definition) is 0. The van der Waals surface area contributed by atoms with Crippen LogP contribution in [0.3, 0.4) is 0 Å². The number of nitrogens with zero attached hydrogens (tertiary/aromatic N) is 2. The number of fused-ring (bicyclic) bond motifs is 8. The lowest BCUT2D eigenvalue weighted by Crippen LogP contribution is -2.04. The summed E-state index contributed by atoms with van der Waals surface area (Å²) < 4.78 is 5.16. The molecule has 3 heterocycles. The van der Waals surface area contributed by atoms with Crippen molar-refractivity contribution in [3.8, 4) is 22.3 Å². The van der Waals surface area contributed by atoms with Crippen LogP contribution in [0, 0.1) is 0 Å². The summed E-state index contributed by atoms with van der Waals surface area (Å²) in [5.41, 5.74) is 16.1. The molecule has 0 N–H and O–H groups in total. The normalized spacial score (nSPS) is 16.6. The molecule has 50 heavy (non-hydrogen) atoms. The van der Waals surface area contributed by atoms with Crippen molar-refractivity contribution in [2.45, 2.75) is 76.0 Å². The second-order valence-electron chi connectivity index (χ2n) is 15.3. The second kappa shape index (κ2) is 11.2. The molecule has 9 aromatic rings. The van der Waals surface area contributed by atoms with Gasteiger partial charge in [-0.2, -0.15) is 0 Å². The van der Waals surface area contributed by atoms with Crippen LogP contribution in [0.4, 0.5) is 0 Å². The zero-order chi connectivity index (χ0) is 32.8. The molecule has 2 aliphatic carbocycles. The van der Waals surface area contributed by atoms with E-state index >= 15 is 0 Å². The Labute approximate surface area is 293 Å². The summed E-state index contributed by atoms with van der Waals surface area (Å²) in [6.45, 7) is 0. The van der Waals surface area contributed by atoms with Gasteiger partial charge >= 0.3 is 0 Å². The first-order valence-electron chi connectivity index (χ1n) is 19.2. The molecule has 0 spiro atoms. The predicted octanol–water partition coefficient (Wildman–Crippen LogP) is 13.7. The van der Waals surface area contributed by atoms with E-state index < -0.39 is 0 Å². The maximum atomic E-state index is 2.58. The van der Waals surface area contributed by atoms with E-state index in [9.17, 15) is 0 Å². The van der Waals surface area contributed by atoms with Gasteiger partial charge in [0, 0.05) is 21.5 Å². The van der Waals surface area contributed by atoms with E-state index in [1.807, 2.05) is 0 Å². The van der Waals surface area contributed by atoms with Gasteiger partial charge in [-0.1, -0.05) is 136 Å². The van der Waals surface area contributed by atoms with Crippen LogP contribution in [0.15, 0.2) is 121 Å². The highest BCUT2D eigenvalue weighted by Crippen LogP contribution is 2.47. The molecule has 0 saturated heterocycles. The average molecular weight is 647 g/mol. The van der Waals surface area contributed by atoms with Crippen LogP contribution >= 0.6 is 0 Å². The summed E-state index contributed by atoms with van der Waals surface area (Å²) in [6.07, 6.45) is 13.5. The van der Waals surface area contributed by atoms with E-state index in [-0.39, 0.29) is 0 Å². The minimum absolute atomic E-state index is 0.683. The first-order chi connectivity index (χ1) is 24.8. The summed E-state index contributed by atoms with van der Waals surface area (Å²) in [5.74, 6) is 1.37. The Bertz CT molecular complexity index is 2540. The summed E-state index contributed by atoms with van der Waals surface area (Å²) >= 11 is 0. The molecule has 2 nitrogen and oxygen atoms in total. The van der Waals surface area contributed by atoms with Gasteiger partial charge in [0.25, 0.3) is 0 Å². The van der Waals surface area contributed by atoms with E-state index in [0.29, 0.717) is 11.8 Å². The van der Waals surface area contributed by atoms with Gasteiger partial charge in [-0.05, 0) is 95.2 Å². The van der Waals surface area contributed by atoms with Gasteiger partial charge in [-0.25, -0.2) is 0 Å². The fraction of sp³-hybridized carbons (Fsp3) is 0.250. The lowest BCUT2D eigenvalue weighted by Gasteiger charge is -2.22. The van der Waals surface area contributed by atoms with Crippen molar-refractivity contribution >= 4 is 54.6 Å². The molecule has 0 amide bonds. The van der Waals surface area contributed by atoms with Crippen LogP contribution in [0.2, 0.25) is 0 Å². The molecule has 2 fully saturated rings. The van der Waals surface area contributed by atoms with Crippen molar-refractivity contribution in [1.82, 2.24) is 8.80 Å². The Morgan fingerprint density at radius 2 is 0.820 bits per heavy atom. The highest BCUT2D eigenvalue weighted by atomic mass is 15.0. The van der Waals surface area contributed by atoms with Gasteiger partial charge in [0.05, 0.1) is 33.1 Å². The van der Waals surface area contributed by atoms with Gasteiger partial charge in [0.1, 0.15) is 0 Å². The lowest BCUT2D eigenvalue weighted by atomic mass is 9.83. The molecule has 0 atom stereocenters. The Morgan fingerprint density at radius 1 is 0.380 bits per heavy atom. The van der Waals surface area contributed by atoms with Crippen LogP contribution < -0.4 is 0 Å². The third-order valence-corrected chi connectivity index (χ3v) is 12.6. The molecule has 0 unspecified atom stereocenters. The van der Waals surface area contributed by atoms with Gasteiger partial charge in [0.15, 0.2) is 0 Å². The molecular weight excluding hydrogens is 605 g/mol. The van der Waals surface area contributed by atoms with Crippen LogP contribution in [0.5, 0.6) is 0 Å². The van der Waals surface area contributed by atoms with Gasteiger partial charge in [-0.15, -0.1) is 0 Å². The fourth-order valence-corrected chi connectivity index (χ4v) is 10.3. The summed E-state index contributed by atoms with van der Waals surface area (Å²) in [4.78, 5) is 0. The summed E-state index contributed by atoms with van der Waals surface area (Å²) in [6, 6.07) is 46.9. The minimum atomic E-state index is 0.683. The van der Waals surface area contributed by atoms with Crippen molar-refractivity contribution in [3.05, 3.63) is 132 Å². The zero-order valence-electron chi connectivity index (χ0n) is 28.7. The SMILES string of the molecule is c1cc(-c2ccc3c4c2c2ccccc2n4c2ccc(-c4cccc(C5CCCCC5)c4)c4c5ccccc5n3c42)cc(C2CCCCC2)c1. The van der Waals surface area contributed by atoms with Crippen molar-refractivity contribution in [1.29, 1.82) is 0 Å². The molecule has 2 saturated carbocycles. The lowest BCUT2D eigenvalue weighted by molar-refractivity contribution is 0.444. The predicted molar refractivity (Wildman–Crippen MR) is 212 cm³/mol. The summed E-state index contributed by atoms with van der Waals surface area (Å²) in [7, 11) is 0. The molecule has 0 bridgehead atoms. The molecule has 2 aliphatic rings. The highest BCUT2D eigenvalue weighted by Gasteiger charge is 2.25. The molecule has 3 aromatic heterocycles. The maximum Gasteiger partial charge on any atom is 0.0789 e. The van der Waals surface area contributed by atoms with E-state index in [1.54, 1.807) is 0 Å². The van der Waals surface area contributed by atoms with Crippen LogP contribution in [-0.4, -0.2) is 8.80 Å². The first-order valence-corrected chi connectivity index (χ1v) is 19.2. The quantitative estimate of drug-likeness (QED) is 0.168. The van der Waals surface area contributed by atoms with Crippen molar-refractivity contribution in [3.63, 3.8) is 0 Å². The number of benzene rings is 6. The van der Waals surface area contributed by atoms with Crippen molar-refractivity contribution < 1.29 is 0 Å². The monoisotopic (exact) mass is 646 g/mol. The standard InChI is InChI=1S/C48H42N2/c1-3-13-31(14-4-1)33-17-11-19-35(29-33)37-25-27-43-47-45(37)39-21-7-9-23-41(39)49(47)44-28-26-38(46-40-22-8-10-24-42(40)50(43)48(44)46)36-20-12-18-34(30-36)32-15-5-2-6-16-32/h7-12,17-32H,1-6,13-16H2. The molecule has 0 radical (unpaired) electrons. The van der Waals surface area contributed by atoms with Crippen molar-refractivity contribution in [2.24, 2.45) is 0 Å². The van der Waals surface area contributed by atoms with Gasteiger partial charge in [-0.3, -0.25) is 0 Å². The Morgan fingerprint density at radius 3 is 1.28 bits per heavy atom. The van der Waals surface area contributed by atoms with E-state index in [2.05, 4.69) is 130 Å². The molecule has 2 heteroatoms. The number of aromatic nitrogens is 2. The van der Waals surface area contributed by atoms with E-state index in [4.69, 9.17) is 0 Å². The highest BCUT2D eigenvalue weighted by molar-refractivity contribution is 6.26. The zero-order valence-corrected chi connectivity index (χ0v) is 28.7. The smallest absolute Gasteiger partial charge is 0.0789 e. The van der Waals surface area contributed by atoms with Crippen LogP contribution in [-0.2, 0) is 0 Å². The largest absolute Gasteiger partial charge is 0.305 e. The third-order valence-electron chi connectivity index (χ3n) is 12.6. The van der Waals surface area contributed by atoms with Crippen LogP contribution in [0.25, 0.3) is 76.9 Å². The third kappa shape index (κ3) is 4.14. The Kier molecular flexibility index (Phi) is 6.45. The molecular formula is C48H42N2. The molecule has 244 valence electrons. The van der Waals surface area contributed by atoms with Gasteiger partial charge in [0.2, 0.25) is 0 Å². The van der Waals surface area contributed by atoms with Crippen molar-refractivity contribution in [2.75, 3.05) is 0 Å². The summed E-state index contributed by atoms with van der Waals surface area (Å²) in [5, 5.41) is 5.38. The van der Waals surface area contributed by atoms with E-state index in [1.165, 1.54) is 152 Å². The fourth-order valence-electron chi connectivity index (χ4n) is 10.3. The van der Waals surface area contributed by atoms with Gasteiger partial charge < -0.3 is 8.80 Å². The second-order valence-corrected chi connectivity index (χ2v) is 15.3. The maximum absolute atomic E-state index is 2.58. The molecule has 6 aromatic carbocycles. The Hall–Kier alpha value is -5.08. The first kappa shape index (κ1) is 28.7. The number of rotatable bonds is 4. The average Bonchev–Trinajstić information content (AvgIpc) is 3.73.